The van der Waals surface area contributed by atoms with E-state index in [4.69, 9.17) is 4.74 Å². The Hall–Kier alpha value is -2.34. The highest BCUT2D eigenvalue weighted by molar-refractivity contribution is 6.04. The third-order valence-corrected chi connectivity index (χ3v) is 4.92. The Bertz CT molecular complexity index is 825. The normalized spacial score (nSPS) is 21.0. The van der Waals surface area contributed by atoms with Crippen molar-refractivity contribution < 1.29 is 14.6 Å². The number of fused-ring (bicyclic) bond motifs is 2. The summed E-state index contributed by atoms with van der Waals surface area (Å²) in [4.78, 5) is 17.2. The van der Waals surface area contributed by atoms with Crippen molar-refractivity contribution in [2.45, 2.75) is 57.8 Å². The second-order valence-corrected chi connectivity index (χ2v) is 7.43. The number of nitrogens with zero attached hydrogens (tertiary/aromatic N) is 2. The number of para-hydroxylation sites is 1. The Morgan fingerprint density at radius 2 is 2.24 bits per heavy atom. The molecule has 1 aromatic heterocycles. The van der Waals surface area contributed by atoms with Gasteiger partial charge in [0.2, 0.25) is 0 Å². The number of amides is 1. The molecule has 4 rings (SSSR count). The summed E-state index contributed by atoms with van der Waals surface area (Å²) in [5.74, 6) is 1.33. The lowest BCUT2D eigenvalue weighted by molar-refractivity contribution is 0.0121. The van der Waals surface area contributed by atoms with E-state index in [0.29, 0.717) is 29.1 Å². The molecule has 1 unspecified atom stereocenters. The number of imidazole rings is 1. The number of benzene rings is 1. The molecular formula is C19H23N3O3. The van der Waals surface area contributed by atoms with Gasteiger partial charge in [-0.05, 0) is 32.8 Å². The highest BCUT2D eigenvalue weighted by Crippen LogP contribution is 2.43. The molecule has 0 spiro atoms. The lowest BCUT2D eigenvalue weighted by Gasteiger charge is -2.36. The average Bonchev–Trinajstić information content (AvgIpc) is 2.99. The van der Waals surface area contributed by atoms with Crippen LogP contribution in [0.1, 0.15) is 61.1 Å². The standard InChI is InChI=1S/C19H23N3O3/c1-19(2)10-15(23)12-6-5-7-13(17(12)25-19)21-18(24)14-11-20-16-8-3-4-9-22(14)16/h5-7,11,15,23H,3-4,8-10H2,1-2H3,(H,21,24). The van der Waals surface area contributed by atoms with Crippen molar-refractivity contribution in [2.24, 2.45) is 0 Å². The number of aryl methyl sites for hydroxylation is 1. The molecule has 0 radical (unpaired) electrons. The quantitative estimate of drug-likeness (QED) is 0.880. The number of carbonyl (C=O) groups is 1. The van der Waals surface area contributed by atoms with Crippen molar-refractivity contribution in [3.63, 3.8) is 0 Å². The fourth-order valence-electron chi connectivity index (χ4n) is 3.71. The highest BCUT2D eigenvalue weighted by atomic mass is 16.5. The number of hydrogen-bond donors (Lipinski definition) is 2. The molecule has 0 bridgehead atoms. The van der Waals surface area contributed by atoms with Crippen molar-refractivity contribution in [1.29, 1.82) is 0 Å². The maximum absolute atomic E-state index is 12.8. The van der Waals surface area contributed by atoms with Crippen LogP contribution in [0.5, 0.6) is 5.75 Å². The third kappa shape index (κ3) is 2.91. The number of ether oxygens (including phenoxy) is 1. The van der Waals surface area contributed by atoms with E-state index in [1.54, 1.807) is 12.3 Å². The summed E-state index contributed by atoms with van der Waals surface area (Å²) in [6.45, 7) is 4.70. The van der Waals surface area contributed by atoms with Gasteiger partial charge in [0.25, 0.3) is 5.91 Å². The molecule has 2 aromatic rings. The van der Waals surface area contributed by atoms with Gasteiger partial charge in [0, 0.05) is 24.9 Å². The number of hydrogen-bond acceptors (Lipinski definition) is 4. The Morgan fingerprint density at radius 1 is 1.40 bits per heavy atom. The predicted octanol–water partition coefficient (Wildman–Crippen LogP) is 3.07. The van der Waals surface area contributed by atoms with Gasteiger partial charge < -0.3 is 19.7 Å². The first-order valence-corrected chi connectivity index (χ1v) is 8.80. The molecule has 1 aromatic carbocycles. The van der Waals surface area contributed by atoms with Gasteiger partial charge in [0.1, 0.15) is 22.9 Å². The van der Waals surface area contributed by atoms with E-state index in [1.807, 2.05) is 30.5 Å². The van der Waals surface area contributed by atoms with Crippen molar-refractivity contribution in [1.82, 2.24) is 9.55 Å². The van der Waals surface area contributed by atoms with Gasteiger partial charge in [-0.2, -0.15) is 0 Å². The zero-order valence-corrected chi connectivity index (χ0v) is 14.6. The zero-order valence-electron chi connectivity index (χ0n) is 14.6. The molecule has 6 nitrogen and oxygen atoms in total. The van der Waals surface area contributed by atoms with Crippen LogP contribution in [-0.4, -0.2) is 26.2 Å². The monoisotopic (exact) mass is 341 g/mol. The van der Waals surface area contributed by atoms with Gasteiger partial charge >= 0.3 is 0 Å². The van der Waals surface area contributed by atoms with Crippen LogP contribution in [0.25, 0.3) is 0 Å². The van der Waals surface area contributed by atoms with Gasteiger partial charge in [-0.15, -0.1) is 0 Å². The summed E-state index contributed by atoms with van der Waals surface area (Å²) in [7, 11) is 0. The largest absolute Gasteiger partial charge is 0.485 e. The summed E-state index contributed by atoms with van der Waals surface area (Å²) in [6.07, 6.45) is 4.66. The topological polar surface area (TPSA) is 76.4 Å². The zero-order chi connectivity index (χ0) is 17.6. The Balaban J connectivity index is 1.65. The molecule has 0 saturated heterocycles. The van der Waals surface area contributed by atoms with E-state index >= 15 is 0 Å². The first-order chi connectivity index (χ1) is 11.9. The molecule has 6 heteroatoms. The molecule has 0 saturated carbocycles. The van der Waals surface area contributed by atoms with Crippen LogP contribution in [0.15, 0.2) is 24.4 Å². The second-order valence-electron chi connectivity index (χ2n) is 7.43. The summed E-state index contributed by atoms with van der Waals surface area (Å²) >= 11 is 0. The molecule has 2 aliphatic rings. The predicted molar refractivity (Wildman–Crippen MR) is 93.8 cm³/mol. The first kappa shape index (κ1) is 16.1. The lowest BCUT2D eigenvalue weighted by Crippen LogP contribution is -2.35. The summed E-state index contributed by atoms with van der Waals surface area (Å²) in [6, 6.07) is 5.47. The summed E-state index contributed by atoms with van der Waals surface area (Å²) in [5, 5.41) is 13.3. The second kappa shape index (κ2) is 5.88. The fraction of sp³-hybridized carbons (Fsp3) is 0.474. The molecule has 3 heterocycles. The number of aliphatic hydroxyl groups excluding tert-OH is 1. The minimum Gasteiger partial charge on any atom is -0.485 e. The molecule has 2 N–H and O–H groups in total. The van der Waals surface area contributed by atoms with Crippen LogP contribution in [0.2, 0.25) is 0 Å². The van der Waals surface area contributed by atoms with E-state index in [9.17, 15) is 9.90 Å². The lowest BCUT2D eigenvalue weighted by atomic mass is 9.91. The minimum absolute atomic E-state index is 0.199. The minimum atomic E-state index is -0.599. The van der Waals surface area contributed by atoms with E-state index in [2.05, 4.69) is 10.3 Å². The molecule has 1 atom stereocenters. The van der Waals surface area contributed by atoms with Crippen molar-refractivity contribution >= 4 is 11.6 Å². The molecular weight excluding hydrogens is 318 g/mol. The van der Waals surface area contributed by atoms with Gasteiger partial charge in [0.05, 0.1) is 18.0 Å². The maximum Gasteiger partial charge on any atom is 0.274 e. The van der Waals surface area contributed by atoms with Crippen LogP contribution in [0, 0.1) is 0 Å². The molecule has 2 aliphatic heterocycles. The van der Waals surface area contributed by atoms with Crippen molar-refractivity contribution in [3.8, 4) is 5.75 Å². The van der Waals surface area contributed by atoms with Crippen LogP contribution in [-0.2, 0) is 13.0 Å². The van der Waals surface area contributed by atoms with Gasteiger partial charge in [-0.1, -0.05) is 12.1 Å². The van der Waals surface area contributed by atoms with Gasteiger partial charge in [-0.3, -0.25) is 4.79 Å². The molecule has 25 heavy (non-hydrogen) atoms. The Labute approximate surface area is 146 Å². The average molecular weight is 341 g/mol. The fourth-order valence-corrected chi connectivity index (χ4v) is 3.71. The van der Waals surface area contributed by atoms with Crippen molar-refractivity contribution in [2.75, 3.05) is 5.32 Å². The van der Waals surface area contributed by atoms with E-state index in [0.717, 1.165) is 31.6 Å². The Kier molecular flexibility index (Phi) is 3.80. The summed E-state index contributed by atoms with van der Waals surface area (Å²) < 4.78 is 8.05. The Morgan fingerprint density at radius 3 is 3.08 bits per heavy atom. The molecule has 1 amide bonds. The highest BCUT2D eigenvalue weighted by Gasteiger charge is 2.34. The van der Waals surface area contributed by atoms with Crippen LogP contribution in [0.4, 0.5) is 5.69 Å². The van der Waals surface area contributed by atoms with Crippen LogP contribution in [0.3, 0.4) is 0 Å². The number of aromatic nitrogens is 2. The SMILES string of the molecule is CC1(C)CC(O)c2cccc(NC(=O)c3cnc4n3CCCC4)c2O1. The number of aliphatic hydroxyl groups is 1. The van der Waals surface area contributed by atoms with E-state index in [-0.39, 0.29) is 5.91 Å². The number of rotatable bonds is 2. The van der Waals surface area contributed by atoms with Crippen LogP contribution >= 0.6 is 0 Å². The van der Waals surface area contributed by atoms with Crippen molar-refractivity contribution in [3.05, 3.63) is 41.5 Å². The molecule has 0 fully saturated rings. The number of anilines is 1. The van der Waals surface area contributed by atoms with Gasteiger partial charge in [-0.25, -0.2) is 4.98 Å². The first-order valence-electron chi connectivity index (χ1n) is 8.80. The van der Waals surface area contributed by atoms with E-state index in [1.165, 1.54) is 0 Å². The summed E-state index contributed by atoms with van der Waals surface area (Å²) in [5.41, 5.74) is 1.39. The maximum atomic E-state index is 12.8. The smallest absolute Gasteiger partial charge is 0.274 e. The third-order valence-electron chi connectivity index (χ3n) is 4.92. The molecule has 132 valence electrons. The van der Waals surface area contributed by atoms with E-state index < -0.39 is 11.7 Å². The number of nitrogens with one attached hydrogen (secondary N) is 1. The van der Waals surface area contributed by atoms with Crippen LogP contribution < -0.4 is 10.1 Å². The molecule has 0 aliphatic carbocycles. The van der Waals surface area contributed by atoms with Gasteiger partial charge in [0.15, 0.2) is 0 Å². The number of carbonyl (C=O) groups excluding carboxylic acids is 1.